The molecule has 208 valence electrons. The molecule has 2 aliphatic heterocycles. The first-order chi connectivity index (χ1) is 18.3. The van der Waals surface area contributed by atoms with E-state index < -0.39 is 11.7 Å². The molecule has 0 bridgehead atoms. The number of halogens is 3. The van der Waals surface area contributed by atoms with E-state index in [-0.39, 0.29) is 5.97 Å². The van der Waals surface area contributed by atoms with Crippen molar-refractivity contribution in [3.63, 3.8) is 0 Å². The lowest BCUT2D eigenvalue weighted by Gasteiger charge is -2.47. The molecule has 4 rings (SSSR count). The van der Waals surface area contributed by atoms with Crippen molar-refractivity contribution >= 4 is 11.7 Å². The number of likely N-dealkylation sites (tertiary alicyclic amines) is 1. The van der Waals surface area contributed by atoms with Gasteiger partial charge >= 0.3 is 12.1 Å². The number of carbonyl (C=O) groups excluding carboxylic acids is 1. The van der Waals surface area contributed by atoms with Crippen molar-refractivity contribution in [2.75, 3.05) is 57.9 Å². The Bertz CT molecular complexity index is 1040. The molecule has 0 N–H and O–H groups in total. The second kappa shape index (κ2) is 12.8. The van der Waals surface area contributed by atoms with E-state index in [1.54, 1.807) is 6.07 Å². The number of benzene rings is 2. The summed E-state index contributed by atoms with van der Waals surface area (Å²) in [5.74, 6) is 0.989. The number of hydrogen-bond acceptors (Lipinski definition) is 6. The number of ether oxygens (including phenoxy) is 2. The van der Waals surface area contributed by atoms with Gasteiger partial charge in [-0.1, -0.05) is 18.2 Å². The molecular formula is C29H38F3N3O3. The largest absolute Gasteiger partial charge is 0.494 e. The lowest BCUT2D eigenvalue weighted by Crippen LogP contribution is -2.56. The fraction of sp³-hybridized carbons (Fsp3) is 0.552. The van der Waals surface area contributed by atoms with Gasteiger partial charge in [-0.25, -0.2) is 0 Å². The highest BCUT2D eigenvalue weighted by molar-refractivity contribution is 5.69. The summed E-state index contributed by atoms with van der Waals surface area (Å²) in [6, 6.07) is 14.1. The zero-order chi connectivity index (χ0) is 27.1. The van der Waals surface area contributed by atoms with Gasteiger partial charge in [-0.2, -0.15) is 13.2 Å². The molecule has 2 saturated heterocycles. The molecule has 0 amide bonds. The molecule has 2 atom stereocenters. The molecule has 2 fully saturated rings. The summed E-state index contributed by atoms with van der Waals surface area (Å²) in [6.07, 6.45) is -2.21. The van der Waals surface area contributed by atoms with Crippen LogP contribution in [0.3, 0.4) is 0 Å². The Morgan fingerprint density at radius 1 is 1.03 bits per heavy atom. The van der Waals surface area contributed by atoms with E-state index in [2.05, 4.69) is 21.9 Å². The first-order valence-electron chi connectivity index (χ1n) is 13.4. The summed E-state index contributed by atoms with van der Waals surface area (Å²) in [4.78, 5) is 18.9. The van der Waals surface area contributed by atoms with E-state index in [4.69, 9.17) is 9.47 Å². The van der Waals surface area contributed by atoms with Gasteiger partial charge in [0.2, 0.25) is 0 Å². The number of esters is 1. The molecule has 2 aromatic carbocycles. The summed E-state index contributed by atoms with van der Waals surface area (Å²) in [5, 5.41) is 0. The Kier molecular flexibility index (Phi) is 9.54. The number of rotatable bonds is 9. The van der Waals surface area contributed by atoms with Crippen LogP contribution in [0, 0.1) is 5.92 Å². The first-order valence-corrected chi connectivity index (χ1v) is 13.4. The van der Waals surface area contributed by atoms with Gasteiger partial charge in [-0.15, -0.1) is 0 Å². The van der Waals surface area contributed by atoms with Gasteiger partial charge in [0.1, 0.15) is 5.75 Å². The molecule has 2 heterocycles. The van der Waals surface area contributed by atoms with Crippen LogP contribution >= 0.6 is 0 Å². The summed E-state index contributed by atoms with van der Waals surface area (Å²) >= 11 is 0. The topological polar surface area (TPSA) is 45.2 Å². The van der Waals surface area contributed by atoms with Crippen molar-refractivity contribution in [1.82, 2.24) is 9.80 Å². The third-order valence-corrected chi connectivity index (χ3v) is 7.69. The standard InChI is InChI=1S/C29H38F3N3O3/c1-3-38-26-10-7-22(8-11-26)20-33-14-13-27(23(21-33)9-12-28(36)37-2)35-17-15-34(16-18-35)25-6-4-5-24(19-25)29(30,31)32/h4-8,10-11,19,23,27H,3,9,12-18,20-21H2,1-2H3/t23-,27+/m1/s1. The SMILES string of the molecule is CCOc1ccc(CN2CC[C@H](N3CCN(c4cccc(C(F)(F)F)c4)CC3)[C@H](CCC(=O)OC)C2)cc1. The minimum Gasteiger partial charge on any atom is -0.494 e. The van der Waals surface area contributed by atoms with Crippen LogP contribution in [-0.4, -0.2) is 74.8 Å². The van der Waals surface area contributed by atoms with E-state index in [1.165, 1.54) is 24.8 Å². The number of methoxy groups -OCH3 is 1. The Balaban J connectivity index is 1.38. The van der Waals surface area contributed by atoms with E-state index in [0.29, 0.717) is 43.8 Å². The van der Waals surface area contributed by atoms with Crippen molar-refractivity contribution in [3.8, 4) is 5.75 Å². The average molecular weight is 534 g/mol. The predicted octanol–water partition coefficient (Wildman–Crippen LogP) is 5.07. The first kappa shape index (κ1) is 28.2. The third kappa shape index (κ3) is 7.41. The molecule has 2 aromatic rings. The third-order valence-electron chi connectivity index (χ3n) is 7.69. The van der Waals surface area contributed by atoms with Gasteiger partial charge in [-0.3, -0.25) is 14.6 Å². The highest BCUT2D eigenvalue weighted by Crippen LogP contribution is 2.33. The molecule has 6 nitrogen and oxygen atoms in total. The number of alkyl halides is 3. The minimum absolute atomic E-state index is 0.193. The van der Waals surface area contributed by atoms with Crippen LogP contribution in [0.15, 0.2) is 48.5 Å². The number of anilines is 1. The zero-order valence-electron chi connectivity index (χ0n) is 22.3. The number of carbonyl (C=O) groups is 1. The summed E-state index contributed by atoms with van der Waals surface area (Å²) < 4.78 is 50.0. The fourth-order valence-electron chi connectivity index (χ4n) is 5.72. The molecule has 0 unspecified atom stereocenters. The molecule has 0 radical (unpaired) electrons. The maximum atomic E-state index is 13.2. The summed E-state index contributed by atoms with van der Waals surface area (Å²) in [7, 11) is 1.42. The highest BCUT2D eigenvalue weighted by atomic mass is 19.4. The van der Waals surface area contributed by atoms with Crippen molar-refractivity contribution in [1.29, 1.82) is 0 Å². The average Bonchev–Trinajstić information content (AvgIpc) is 2.93. The number of piperidine rings is 1. The fourth-order valence-corrected chi connectivity index (χ4v) is 5.72. The molecule has 9 heteroatoms. The van der Waals surface area contributed by atoms with Crippen molar-refractivity contribution < 1.29 is 27.4 Å². The van der Waals surface area contributed by atoms with Crippen molar-refractivity contribution in [2.45, 2.75) is 44.9 Å². The van der Waals surface area contributed by atoms with E-state index in [1.807, 2.05) is 24.0 Å². The van der Waals surface area contributed by atoms with Gasteiger partial charge in [0.15, 0.2) is 0 Å². The zero-order valence-corrected chi connectivity index (χ0v) is 22.3. The van der Waals surface area contributed by atoms with Crippen LogP contribution in [0.4, 0.5) is 18.9 Å². The number of hydrogen-bond donors (Lipinski definition) is 0. The quantitative estimate of drug-likeness (QED) is 0.420. The van der Waals surface area contributed by atoms with Gasteiger partial charge < -0.3 is 14.4 Å². The Morgan fingerprint density at radius 3 is 2.42 bits per heavy atom. The monoisotopic (exact) mass is 533 g/mol. The van der Waals surface area contributed by atoms with Crippen molar-refractivity contribution in [2.24, 2.45) is 5.92 Å². The van der Waals surface area contributed by atoms with Crippen LogP contribution in [0.5, 0.6) is 5.75 Å². The maximum absolute atomic E-state index is 13.2. The summed E-state index contributed by atoms with van der Waals surface area (Å²) in [6.45, 7) is 8.24. The molecular weight excluding hydrogens is 495 g/mol. The Morgan fingerprint density at radius 2 is 1.76 bits per heavy atom. The lowest BCUT2D eigenvalue weighted by molar-refractivity contribution is -0.141. The van der Waals surface area contributed by atoms with Crippen LogP contribution in [0.1, 0.15) is 37.3 Å². The normalized spacial score (nSPS) is 21.3. The van der Waals surface area contributed by atoms with Crippen molar-refractivity contribution in [3.05, 3.63) is 59.7 Å². The maximum Gasteiger partial charge on any atom is 0.416 e. The van der Waals surface area contributed by atoms with Gasteiger partial charge in [-0.05, 0) is 68.1 Å². The van der Waals surface area contributed by atoms with Crippen LogP contribution in [0.25, 0.3) is 0 Å². The van der Waals surface area contributed by atoms with Crippen LogP contribution < -0.4 is 9.64 Å². The molecule has 0 aliphatic carbocycles. The lowest BCUT2D eigenvalue weighted by atomic mass is 9.86. The van der Waals surface area contributed by atoms with E-state index in [9.17, 15) is 18.0 Å². The van der Waals surface area contributed by atoms with Gasteiger partial charge in [0.05, 0.1) is 19.3 Å². The van der Waals surface area contributed by atoms with Crippen LogP contribution in [-0.2, 0) is 22.3 Å². The molecule has 2 aliphatic rings. The van der Waals surface area contributed by atoms with Gasteiger partial charge in [0, 0.05) is 57.4 Å². The number of piperazine rings is 1. The Labute approximate surface area is 223 Å². The highest BCUT2D eigenvalue weighted by Gasteiger charge is 2.35. The molecule has 0 spiro atoms. The molecule has 0 aromatic heterocycles. The van der Waals surface area contributed by atoms with E-state index in [0.717, 1.165) is 57.4 Å². The second-order valence-corrected chi connectivity index (χ2v) is 10.1. The van der Waals surface area contributed by atoms with Crippen LogP contribution in [0.2, 0.25) is 0 Å². The number of nitrogens with zero attached hydrogens (tertiary/aromatic N) is 3. The van der Waals surface area contributed by atoms with E-state index >= 15 is 0 Å². The van der Waals surface area contributed by atoms with Gasteiger partial charge in [0.25, 0.3) is 0 Å². The summed E-state index contributed by atoms with van der Waals surface area (Å²) in [5.41, 5.74) is 1.24. The molecule has 38 heavy (non-hydrogen) atoms. The Hall–Kier alpha value is -2.78. The second-order valence-electron chi connectivity index (χ2n) is 10.1. The minimum atomic E-state index is -4.34. The predicted molar refractivity (Wildman–Crippen MR) is 141 cm³/mol. The molecule has 0 saturated carbocycles. The smallest absolute Gasteiger partial charge is 0.416 e.